The van der Waals surface area contributed by atoms with Crippen molar-refractivity contribution in [1.29, 1.82) is 0 Å². The summed E-state index contributed by atoms with van der Waals surface area (Å²) in [6.45, 7) is 10.7. The predicted octanol–water partition coefficient (Wildman–Crippen LogP) is 3.86. The summed E-state index contributed by atoms with van der Waals surface area (Å²) in [5.74, 6) is 1.73. The number of aromatic nitrogens is 1. The van der Waals surface area contributed by atoms with Gasteiger partial charge in [-0.25, -0.2) is 0 Å². The van der Waals surface area contributed by atoms with Gasteiger partial charge in [0.1, 0.15) is 12.2 Å². The van der Waals surface area contributed by atoms with E-state index in [-0.39, 0.29) is 12.2 Å². The Morgan fingerprint density at radius 2 is 1.70 bits per heavy atom. The van der Waals surface area contributed by atoms with Crippen molar-refractivity contribution in [2.45, 2.75) is 32.5 Å². The summed E-state index contributed by atoms with van der Waals surface area (Å²) in [5.41, 5.74) is 3.99. The van der Waals surface area contributed by atoms with E-state index in [1.165, 1.54) is 22.0 Å². The third-order valence-corrected chi connectivity index (χ3v) is 6.49. The molecule has 2 unspecified atom stereocenters. The minimum absolute atomic E-state index is 0.0725. The van der Waals surface area contributed by atoms with E-state index >= 15 is 0 Å². The molecule has 5 nitrogen and oxygen atoms in total. The second-order valence-corrected chi connectivity index (χ2v) is 8.68. The Morgan fingerprint density at radius 3 is 2.50 bits per heavy atom. The minimum atomic E-state index is 0.0725. The van der Waals surface area contributed by atoms with E-state index in [4.69, 9.17) is 9.47 Å². The van der Waals surface area contributed by atoms with Crippen molar-refractivity contribution >= 4 is 10.9 Å². The Morgan fingerprint density at radius 1 is 0.967 bits per heavy atom. The van der Waals surface area contributed by atoms with Crippen LogP contribution in [0.2, 0.25) is 0 Å². The summed E-state index contributed by atoms with van der Waals surface area (Å²) in [6.07, 6.45) is 3.43. The van der Waals surface area contributed by atoms with Crippen molar-refractivity contribution in [3.8, 4) is 11.5 Å². The van der Waals surface area contributed by atoms with E-state index in [9.17, 15) is 0 Å². The van der Waals surface area contributed by atoms with Crippen molar-refractivity contribution in [1.82, 2.24) is 14.8 Å². The fraction of sp³-hybridized carbons (Fsp3) is 0.440. The SMILES string of the molecule is Cc1ccc2[nH]cc(CCN3CCN(CC4Oc5ccccc5OC4C)CC3)c2c1. The number of nitrogens with zero attached hydrogens (tertiary/aromatic N) is 2. The average Bonchev–Trinajstić information content (AvgIpc) is 3.16. The van der Waals surface area contributed by atoms with Crippen LogP contribution in [0.25, 0.3) is 10.9 Å². The van der Waals surface area contributed by atoms with Crippen LogP contribution in [0.4, 0.5) is 0 Å². The van der Waals surface area contributed by atoms with E-state index in [2.05, 4.69) is 53.0 Å². The largest absolute Gasteiger partial charge is 0.483 e. The normalized spacial score (nSPS) is 22.5. The molecule has 3 heterocycles. The van der Waals surface area contributed by atoms with Gasteiger partial charge in [0.25, 0.3) is 0 Å². The predicted molar refractivity (Wildman–Crippen MR) is 121 cm³/mol. The fourth-order valence-corrected chi connectivity index (χ4v) is 4.59. The van der Waals surface area contributed by atoms with Crippen molar-refractivity contribution in [2.75, 3.05) is 39.3 Å². The molecule has 2 atom stereocenters. The summed E-state index contributed by atoms with van der Waals surface area (Å²) in [5, 5.41) is 1.37. The maximum atomic E-state index is 6.24. The van der Waals surface area contributed by atoms with Gasteiger partial charge in [0.05, 0.1) is 0 Å². The van der Waals surface area contributed by atoms with E-state index in [1.807, 2.05) is 24.3 Å². The summed E-state index contributed by atoms with van der Waals surface area (Å²) < 4.78 is 12.3. The number of benzene rings is 2. The zero-order valence-electron chi connectivity index (χ0n) is 17.9. The van der Waals surface area contributed by atoms with Crippen molar-refractivity contribution in [3.63, 3.8) is 0 Å². The van der Waals surface area contributed by atoms with Crippen LogP contribution in [0.1, 0.15) is 18.1 Å². The molecule has 5 heteroatoms. The number of fused-ring (bicyclic) bond motifs is 2. The highest BCUT2D eigenvalue weighted by Gasteiger charge is 2.30. The first-order chi connectivity index (χ1) is 14.7. The first-order valence-corrected chi connectivity index (χ1v) is 11.1. The van der Waals surface area contributed by atoms with Crippen LogP contribution in [0, 0.1) is 6.92 Å². The standard InChI is InChI=1S/C25H31N3O2/c1-18-7-8-22-21(15-18)20(16-26-22)9-10-27-11-13-28(14-12-27)17-25-19(2)29-23-5-3-4-6-24(23)30-25/h3-8,15-16,19,25-26H,9-14,17H2,1-2H3. The molecule has 1 aromatic heterocycles. The van der Waals surface area contributed by atoms with E-state index in [0.29, 0.717) is 0 Å². The number of H-pyrrole nitrogens is 1. The highest BCUT2D eigenvalue weighted by atomic mass is 16.6. The topological polar surface area (TPSA) is 40.7 Å². The third kappa shape index (κ3) is 4.05. The Kier molecular flexibility index (Phi) is 5.40. The molecule has 0 radical (unpaired) electrons. The molecule has 1 fully saturated rings. The van der Waals surface area contributed by atoms with Gasteiger partial charge >= 0.3 is 0 Å². The van der Waals surface area contributed by atoms with E-state index < -0.39 is 0 Å². The monoisotopic (exact) mass is 405 g/mol. The molecule has 0 aliphatic carbocycles. The molecule has 5 rings (SSSR count). The van der Waals surface area contributed by atoms with Gasteiger partial charge in [-0.2, -0.15) is 0 Å². The fourth-order valence-electron chi connectivity index (χ4n) is 4.59. The van der Waals surface area contributed by atoms with Gasteiger partial charge in [-0.05, 0) is 50.1 Å². The second-order valence-electron chi connectivity index (χ2n) is 8.68. The van der Waals surface area contributed by atoms with Gasteiger partial charge in [-0.1, -0.05) is 23.8 Å². The van der Waals surface area contributed by atoms with Gasteiger partial charge in [-0.15, -0.1) is 0 Å². The van der Waals surface area contributed by atoms with Crippen molar-refractivity contribution < 1.29 is 9.47 Å². The molecule has 30 heavy (non-hydrogen) atoms. The van der Waals surface area contributed by atoms with Crippen LogP contribution in [0.15, 0.2) is 48.7 Å². The second kappa shape index (κ2) is 8.32. The zero-order chi connectivity index (χ0) is 20.5. The third-order valence-electron chi connectivity index (χ3n) is 6.49. The molecule has 1 saturated heterocycles. The highest BCUT2D eigenvalue weighted by Crippen LogP contribution is 2.33. The first kappa shape index (κ1) is 19.5. The average molecular weight is 406 g/mol. The van der Waals surface area contributed by atoms with Crippen LogP contribution in [0.3, 0.4) is 0 Å². The molecule has 0 saturated carbocycles. The zero-order valence-corrected chi connectivity index (χ0v) is 17.9. The molecule has 2 aliphatic rings. The van der Waals surface area contributed by atoms with Gasteiger partial charge in [0.2, 0.25) is 0 Å². The number of hydrogen-bond acceptors (Lipinski definition) is 4. The van der Waals surface area contributed by atoms with E-state index in [1.54, 1.807) is 0 Å². The number of nitrogens with one attached hydrogen (secondary N) is 1. The Hall–Kier alpha value is -2.50. The van der Waals surface area contributed by atoms with Crippen LogP contribution >= 0.6 is 0 Å². The quantitative estimate of drug-likeness (QED) is 0.700. The number of aryl methyl sites for hydroxylation is 1. The molecule has 1 N–H and O–H groups in total. The number of ether oxygens (including phenoxy) is 2. The van der Waals surface area contributed by atoms with Crippen molar-refractivity contribution in [2.24, 2.45) is 0 Å². The van der Waals surface area contributed by atoms with Crippen LogP contribution < -0.4 is 9.47 Å². The Bertz CT molecular complexity index is 1010. The van der Waals surface area contributed by atoms with Gasteiger partial charge < -0.3 is 19.4 Å². The summed E-state index contributed by atoms with van der Waals surface area (Å²) in [4.78, 5) is 8.52. The lowest BCUT2D eigenvalue weighted by molar-refractivity contribution is -0.000110. The molecule has 3 aromatic rings. The number of para-hydroxylation sites is 2. The van der Waals surface area contributed by atoms with E-state index in [0.717, 1.165) is 57.2 Å². The number of rotatable bonds is 5. The lowest BCUT2D eigenvalue weighted by atomic mass is 10.1. The maximum Gasteiger partial charge on any atom is 0.161 e. The van der Waals surface area contributed by atoms with Gasteiger partial charge in [0, 0.05) is 56.4 Å². The lowest BCUT2D eigenvalue weighted by Gasteiger charge is -2.39. The lowest BCUT2D eigenvalue weighted by Crippen LogP contribution is -2.52. The van der Waals surface area contributed by atoms with Gasteiger partial charge in [-0.3, -0.25) is 4.90 Å². The molecular formula is C25H31N3O2. The minimum Gasteiger partial charge on any atom is -0.483 e. The molecule has 2 aliphatic heterocycles. The molecular weight excluding hydrogens is 374 g/mol. The Balaban J connectivity index is 1.12. The smallest absolute Gasteiger partial charge is 0.161 e. The molecule has 0 spiro atoms. The number of aromatic amines is 1. The molecule has 2 aromatic carbocycles. The molecule has 0 amide bonds. The van der Waals surface area contributed by atoms with Crippen LogP contribution in [0.5, 0.6) is 11.5 Å². The number of piperazine rings is 1. The highest BCUT2D eigenvalue weighted by molar-refractivity contribution is 5.83. The summed E-state index contributed by atoms with van der Waals surface area (Å²) >= 11 is 0. The van der Waals surface area contributed by atoms with Crippen LogP contribution in [-0.2, 0) is 6.42 Å². The summed E-state index contributed by atoms with van der Waals surface area (Å²) in [6, 6.07) is 14.6. The Labute approximate surface area is 178 Å². The molecule has 0 bridgehead atoms. The van der Waals surface area contributed by atoms with Crippen LogP contribution in [-0.4, -0.2) is 66.3 Å². The first-order valence-electron chi connectivity index (χ1n) is 11.1. The van der Waals surface area contributed by atoms with Crippen molar-refractivity contribution in [3.05, 3.63) is 59.8 Å². The molecule has 158 valence electrons. The van der Waals surface area contributed by atoms with Gasteiger partial charge in [0.15, 0.2) is 11.5 Å². The summed E-state index contributed by atoms with van der Waals surface area (Å²) in [7, 11) is 0. The maximum absolute atomic E-state index is 6.24. The number of hydrogen-bond donors (Lipinski definition) is 1.